The van der Waals surface area contributed by atoms with Crippen LogP contribution in [0.15, 0.2) is 29.1 Å². The summed E-state index contributed by atoms with van der Waals surface area (Å²) in [5, 5.41) is 10.3. The van der Waals surface area contributed by atoms with Crippen molar-refractivity contribution in [3.63, 3.8) is 0 Å². The lowest BCUT2D eigenvalue weighted by Gasteiger charge is -2.36. The van der Waals surface area contributed by atoms with Crippen LogP contribution in [0.25, 0.3) is 0 Å². The van der Waals surface area contributed by atoms with Crippen LogP contribution in [0.1, 0.15) is 25.0 Å². The van der Waals surface area contributed by atoms with Crippen molar-refractivity contribution in [2.24, 2.45) is 0 Å². The summed E-state index contributed by atoms with van der Waals surface area (Å²) in [4.78, 5) is 17.2. The first-order valence-corrected chi connectivity index (χ1v) is 9.97. The van der Waals surface area contributed by atoms with Gasteiger partial charge in [0, 0.05) is 50.6 Å². The summed E-state index contributed by atoms with van der Waals surface area (Å²) < 4.78 is 3.28. The fraction of sp³-hybridized carbons (Fsp3) is 0.550. The summed E-state index contributed by atoms with van der Waals surface area (Å²) in [6.45, 7) is 6.54. The zero-order valence-corrected chi connectivity index (χ0v) is 15.8. The number of nitrogens with zero attached hydrogens (tertiary/aromatic N) is 4. The van der Waals surface area contributed by atoms with E-state index in [-0.39, 0.29) is 11.6 Å². The molecule has 0 saturated carbocycles. The van der Waals surface area contributed by atoms with Crippen molar-refractivity contribution in [3.8, 4) is 5.88 Å². The molecule has 0 aliphatic carbocycles. The normalized spacial score (nSPS) is 17.4. The molecular weight excluding hydrogens is 342 g/mol. The Balaban J connectivity index is 1.21. The number of aromatic nitrogens is 2. The highest BCUT2D eigenvalue weighted by molar-refractivity contribution is 5.53. The van der Waals surface area contributed by atoms with Crippen molar-refractivity contribution < 1.29 is 5.11 Å². The number of hydrogen-bond acceptors (Lipinski definition) is 5. The molecule has 27 heavy (non-hydrogen) atoms. The van der Waals surface area contributed by atoms with Gasteiger partial charge in [-0.2, -0.15) is 0 Å². The van der Waals surface area contributed by atoms with Gasteiger partial charge in [0.15, 0.2) is 0 Å². The lowest BCUT2D eigenvalue weighted by molar-refractivity contribution is 0.250. The van der Waals surface area contributed by atoms with Gasteiger partial charge in [-0.15, -0.1) is 0 Å². The minimum Gasteiger partial charge on any atom is -0.493 e. The van der Waals surface area contributed by atoms with Gasteiger partial charge in [0.25, 0.3) is 0 Å². The third-order valence-corrected chi connectivity index (χ3v) is 5.83. The highest BCUT2D eigenvalue weighted by Crippen LogP contribution is 2.23. The van der Waals surface area contributed by atoms with E-state index in [1.807, 2.05) is 12.1 Å². The standard InChI is InChI=1S/C20H29N5O2/c21-16-5-7-17(8-6-16)23-14-12-22(13-15-23)9-1-2-10-25-19(26)18-4-3-11-24(18)20(25)27/h5-8,26H,1-4,9-15,21H2. The van der Waals surface area contributed by atoms with Gasteiger partial charge < -0.3 is 15.7 Å². The van der Waals surface area contributed by atoms with Gasteiger partial charge >= 0.3 is 5.69 Å². The van der Waals surface area contributed by atoms with Crippen LogP contribution in [0.5, 0.6) is 5.88 Å². The molecule has 1 fully saturated rings. The van der Waals surface area contributed by atoms with Crippen LogP contribution in [0.3, 0.4) is 0 Å². The molecule has 0 spiro atoms. The minimum atomic E-state index is -0.0443. The second-order valence-electron chi connectivity index (χ2n) is 7.59. The highest BCUT2D eigenvalue weighted by atomic mass is 16.3. The van der Waals surface area contributed by atoms with Crippen LogP contribution < -0.4 is 16.3 Å². The van der Waals surface area contributed by atoms with Crippen LogP contribution in [0, 0.1) is 0 Å². The molecule has 146 valence electrons. The molecule has 0 atom stereocenters. The third kappa shape index (κ3) is 3.69. The topological polar surface area (TPSA) is 79.7 Å². The lowest BCUT2D eigenvalue weighted by Crippen LogP contribution is -2.46. The maximum absolute atomic E-state index is 12.3. The summed E-state index contributed by atoms with van der Waals surface area (Å²) in [7, 11) is 0. The predicted octanol–water partition coefficient (Wildman–Crippen LogP) is 1.49. The Bertz CT molecular complexity index is 831. The second kappa shape index (κ2) is 7.68. The molecule has 7 nitrogen and oxygen atoms in total. The highest BCUT2D eigenvalue weighted by Gasteiger charge is 2.23. The summed E-state index contributed by atoms with van der Waals surface area (Å²) in [6, 6.07) is 8.09. The molecule has 1 aromatic heterocycles. The number of piperazine rings is 1. The smallest absolute Gasteiger partial charge is 0.331 e. The molecule has 2 aliphatic heterocycles. The first-order chi connectivity index (χ1) is 13.1. The molecule has 2 aromatic rings. The van der Waals surface area contributed by atoms with Gasteiger partial charge in [0.2, 0.25) is 5.88 Å². The SMILES string of the molecule is Nc1ccc(N2CCN(CCCCn3c(O)c4n(c3=O)CCC4)CC2)cc1. The number of rotatable bonds is 6. The van der Waals surface area contributed by atoms with Crippen molar-refractivity contribution in [1.29, 1.82) is 0 Å². The van der Waals surface area contributed by atoms with E-state index in [1.54, 1.807) is 9.13 Å². The fourth-order valence-electron chi connectivity index (χ4n) is 4.23. The van der Waals surface area contributed by atoms with E-state index in [9.17, 15) is 9.90 Å². The van der Waals surface area contributed by atoms with Crippen molar-refractivity contribution >= 4 is 11.4 Å². The number of anilines is 2. The average molecular weight is 371 g/mol. The van der Waals surface area contributed by atoms with E-state index in [4.69, 9.17) is 5.73 Å². The molecule has 1 saturated heterocycles. The number of aromatic hydroxyl groups is 1. The van der Waals surface area contributed by atoms with Gasteiger partial charge in [-0.25, -0.2) is 4.79 Å². The fourth-order valence-corrected chi connectivity index (χ4v) is 4.23. The van der Waals surface area contributed by atoms with Crippen molar-refractivity contribution in [2.45, 2.75) is 38.8 Å². The maximum Gasteiger partial charge on any atom is 0.331 e. The van der Waals surface area contributed by atoms with Gasteiger partial charge in [-0.3, -0.25) is 14.0 Å². The summed E-state index contributed by atoms with van der Waals surface area (Å²) >= 11 is 0. The number of fused-ring (bicyclic) bond motifs is 1. The van der Waals surface area contributed by atoms with E-state index in [2.05, 4.69) is 21.9 Å². The van der Waals surface area contributed by atoms with Gasteiger partial charge in [0.05, 0.1) is 5.69 Å². The Morgan fingerprint density at radius 2 is 1.67 bits per heavy atom. The van der Waals surface area contributed by atoms with Crippen molar-refractivity contribution in [1.82, 2.24) is 14.0 Å². The molecule has 0 bridgehead atoms. The number of benzene rings is 1. The quantitative estimate of drug-likeness (QED) is 0.594. The van der Waals surface area contributed by atoms with Crippen LogP contribution in [0.4, 0.5) is 11.4 Å². The number of nitrogen functional groups attached to an aromatic ring is 1. The van der Waals surface area contributed by atoms with E-state index < -0.39 is 0 Å². The first kappa shape index (κ1) is 18.0. The molecule has 0 amide bonds. The second-order valence-corrected chi connectivity index (χ2v) is 7.59. The Morgan fingerprint density at radius 1 is 0.963 bits per heavy atom. The summed E-state index contributed by atoms with van der Waals surface area (Å²) in [5.74, 6) is 0.189. The van der Waals surface area contributed by atoms with E-state index >= 15 is 0 Å². The van der Waals surface area contributed by atoms with Crippen LogP contribution >= 0.6 is 0 Å². The molecule has 3 heterocycles. The molecule has 0 unspecified atom stereocenters. The maximum atomic E-state index is 12.3. The molecule has 1 aromatic carbocycles. The van der Waals surface area contributed by atoms with Gasteiger partial charge in [-0.1, -0.05) is 0 Å². The molecule has 7 heteroatoms. The number of hydrogen-bond donors (Lipinski definition) is 2. The molecule has 3 N–H and O–H groups in total. The van der Waals surface area contributed by atoms with E-state index in [1.165, 1.54) is 5.69 Å². The number of imidazole rings is 1. The number of unbranched alkanes of at least 4 members (excludes halogenated alkanes) is 1. The number of nitrogens with two attached hydrogens (primary N) is 1. The predicted molar refractivity (Wildman–Crippen MR) is 107 cm³/mol. The van der Waals surface area contributed by atoms with Crippen LogP contribution in [-0.4, -0.2) is 51.9 Å². The van der Waals surface area contributed by atoms with Crippen molar-refractivity contribution in [3.05, 3.63) is 40.4 Å². The van der Waals surface area contributed by atoms with E-state index in [0.29, 0.717) is 6.54 Å². The van der Waals surface area contributed by atoms with Crippen molar-refractivity contribution in [2.75, 3.05) is 43.4 Å². The zero-order valence-electron chi connectivity index (χ0n) is 15.8. The largest absolute Gasteiger partial charge is 0.493 e. The monoisotopic (exact) mass is 371 g/mol. The zero-order chi connectivity index (χ0) is 18.8. The Labute approximate surface area is 159 Å². The molecule has 4 rings (SSSR count). The summed E-state index contributed by atoms with van der Waals surface area (Å²) in [5.41, 5.74) is 8.58. The van der Waals surface area contributed by atoms with Crippen LogP contribution in [-0.2, 0) is 19.5 Å². The molecule has 0 radical (unpaired) electrons. The van der Waals surface area contributed by atoms with Gasteiger partial charge in [0.1, 0.15) is 0 Å². The third-order valence-electron chi connectivity index (χ3n) is 5.83. The Morgan fingerprint density at radius 3 is 2.37 bits per heavy atom. The van der Waals surface area contributed by atoms with E-state index in [0.717, 1.165) is 76.3 Å². The Hall–Kier alpha value is -2.41. The molecular formula is C20H29N5O2. The van der Waals surface area contributed by atoms with Crippen LogP contribution in [0.2, 0.25) is 0 Å². The molecule has 2 aliphatic rings. The minimum absolute atomic E-state index is 0.0443. The Kier molecular flexibility index (Phi) is 5.11. The first-order valence-electron chi connectivity index (χ1n) is 9.97. The lowest BCUT2D eigenvalue weighted by atomic mass is 10.2. The summed E-state index contributed by atoms with van der Waals surface area (Å²) in [6.07, 6.45) is 3.72. The average Bonchev–Trinajstić information content (AvgIpc) is 3.25. The van der Waals surface area contributed by atoms with Gasteiger partial charge in [-0.05, 0) is 56.5 Å².